The molecule has 0 saturated heterocycles. The molecule has 0 aromatic heterocycles. The third-order valence-electron chi connectivity index (χ3n) is 0.819. The number of carbonyl (C=O) groups excluding carboxylic acids is 1. The van der Waals surface area contributed by atoms with Crippen LogP contribution in [0.4, 0.5) is 0 Å². The average molecular weight is 131 g/mol. The smallest absolute Gasteiger partial charge is 0.307 e. The van der Waals surface area contributed by atoms with Crippen LogP contribution in [0.25, 0.3) is 0 Å². The van der Waals surface area contributed by atoms with E-state index in [9.17, 15) is 4.79 Å². The lowest BCUT2D eigenvalue weighted by atomic mass is 10.1. The Morgan fingerprint density at radius 3 is 2.56 bits per heavy atom. The van der Waals surface area contributed by atoms with Crippen LogP contribution in [0.3, 0.4) is 0 Å². The second-order valence-electron chi connectivity index (χ2n) is 2.28. The van der Waals surface area contributed by atoms with Gasteiger partial charge in [-0.15, -0.1) is 0 Å². The normalized spacial score (nSPS) is 9.78. The molecule has 0 fully saturated rings. The summed E-state index contributed by atoms with van der Waals surface area (Å²) in [5.74, 6) is 0.136. The van der Waals surface area contributed by atoms with Gasteiger partial charge in [0.1, 0.15) is 6.73 Å². The molecule has 0 heterocycles. The molecule has 9 heavy (non-hydrogen) atoms. The van der Waals surface area contributed by atoms with E-state index >= 15 is 0 Å². The van der Waals surface area contributed by atoms with Crippen molar-refractivity contribution >= 4 is 5.97 Å². The van der Waals surface area contributed by atoms with Gasteiger partial charge < -0.3 is 4.74 Å². The van der Waals surface area contributed by atoms with E-state index in [4.69, 9.17) is 5.73 Å². The molecule has 0 bridgehead atoms. The van der Waals surface area contributed by atoms with Gasteiger partial charge in [-0.1, -0.05) is 13.8 Å². The number of nitrogens with two attached hydrogens (primary N) is 1. The Kier molecular flexibility index (Phi) is 4.05. The molecule has 54 valence electrons. The first-order chi connectivity index (χ1) is 4.16. The van der Waals surface area contributed by atoms with E-state index in [0.29, 0.717) is 12.3 Å². The van der Waals surface area contributed by atoms with E-state index < -0.39 is 0 Å². The zero-order valence-corrected chi connectivity index (χ0v) is 5.89. The minimum atomic E-state index is -0.215. The molecule has 0 spiro atoms. The Labute approximate surface area is 55.2 Å². The van der Waals surface area contributed by atoms with Crippen molar-refractivity contribution in [3.05, 3.63) is 0 Å². The summed E-state index contributed by atoms with van der Waals surface area (Å²) >= 11 is 0. The van der Waals surface area contributed by atoms with Crippen LogP contribution in [0.15, 0.2) is 0 Å². The molecular formula is C6H13NO2. The molecule has 0 rings (SSSR count). The van der Waals surface area contributed by atoms with Crippen LogP contribution in [-0.4, -0.2) is 12.7 Å². The molecule has 0 radical (unpaired) electrons. The van der Waals surface area contributed by atoms with Crippen molar-refractivity contribution in [2.75, 3.05) is 6.73 Å². The largest absolute Gasteiger partial charge is 0.450 e. The van der Waals surface area contributed by atoms with Crippen LogP contribution in [0.2, 0.25) is 0 Å². The van der Waals surface area contributed by atoms with Crippen LogP contribution in [0.1, 0.15) is 20.3 Å². The number of hydrogen-bond donors (Lipinski definition) is 1. The molecule has 0 amide bonds. The van der Waals surface area contributed by atoms with Gasteiger partial charge >= 0.3 is 5.97 Å². The fourth-order valence-corrected chi connectivity index (χ4v) is 0.485. The first-order valence-electron chi connectivity index (χ1n) is 3.02. The van der Waals surface area contributed by atoms with Crippen LogP contribution >= 0.6 is 0 Å². The molecule has 3 heteroatoms. The quantitative estimate of drug-likeness (QED) is 0.448. The van der Waals surface area contributed by atoms with E-state index in [0.717, 1.165) is 0 Å². The minimum absolute atomic E-state index is 0.00838. The molecule has 0 aliphatic rings. The van der Waals surface area contributed by atoms with Crippen molar-refractivity contribution in [1.82, 2.24) is 0 Å². The zero-order valence-electron chi connectivity index (χ0n) is 5.89. The highest BCUT2D eigenvalue weighted by Gasteiger charge is 2.03. The average Bonchev–Trinajstić information content (AvgIpc) is 1.63. The molecule has 0 aliphatic heterocycles. The maximum Gasteiger partial charge on any atom is 0.307 e. The predicted octanol–water partition coefficient (Wildman–Crippen LogP) is 0.492. The fourth-order valence-electron chi connectivity index (χ4n) is 0.485. The van der Waals surface area contributed by atoms with Gasteiger partial charge in [-0.3, -0.25) is 10.5 Å². The summed E-state index contributed by atoms with van der Waals surface area (Å²) in [6.45, 7) is 3.90. The molecule has 0 atom stereocenters. The summed E-state index contributed by atoms with van der Waals surface area (Å²) in [6, 6.07) is 0. The van der Waals surface area contributed by atoms with Gasteiger partial charge in [0, 0.05) is 6.42 Å². The third-order valence-corrected chi connectivity index (χ3v) is 0.819. The van der Waals surface area contributed by atoms with Gasteiger partial charge in [0.25, 0.3) is 0 Å². The molecule has 2 N–H and O–H groups in total. The molecule has 0 aromatic carbocycles. The van der Waals surface area contributed by atoms with E-state index in [1.807, 2.05) is 13.8 Å². The van der Waals surface area contributed by atoms with Crippen LogP contribution in [0, 0.1) is 5.92 Å². The van der Waals surface area contributed by atoms with Gasteiger partial charge in [0.2, 0.25) is 0 Å². The lowest BCUT2D eigenvalue weighted by Crippen LogP contribution is -2.13. The molecule has 0 aliphatic carbocycles. The Balaban J connectivity index is 3.27. The third kappa shape index (κ3) is 5.30. The Bertz CT molecular complexity index is 91.1. The lowest BCUT2D eigenvalue weighted by Gasteiger charge is -2.02. The second kappa shape index (κ2) is 4.32. The Morgan fingerprint density at radius 2 is 2.22 bits per heavy atom. The Morgan fingerprint density at radius 1 is 1.67 bits per heavy atom. The van der Waals surface area contributed by atoms with E-state index in [-0.39, 0.29) is 12.7 Å². The van der Waals surface area contributed by atoms with Crippen molar-refractivity contribution in [2.45, 2.75) is 20.3 Å². The van der Waals surface area contributed by atoms with Crippen molar-refractivity contribution in [2.24, 2.45) is 11.7 Å². The van der Waals surface area contributed by atoms with Crippen molar-refractivity contribution in [3.8, 4) is 0 Å². The van der Waals surface area contributed by atoms with Crippen LogP contribution in [-0.2, 0) is 9.53 Å². The molecule has 0 saturated carbocycles. The molecule has 3 nitrogen and oxygen atoms in total. The van der Waals surface area contributed by atoms with Gasteiger partial charge in [0.05, 0.1) is 0 Å². The van der Waals surface area contributed by atoms with Gasteiger partial charge in [-0.2, -0.15) is 0 Å². The van der Waals surface area contributed by atoms with Gasteiger partial charge in [-0.05, 0) is 5.92 Å². The van der Waals surface area contributed by atoms with Crippen molar-refractivity contribution < 1.29 is 9.53 Å². The number of carbonyl (C=O) groups is 1. The van der Waals surface area contributed by atoms with E-state index in [2.05, 4.69) is 4.74 Å². The summed E-state index contributed by atoms with van der Waals surface area (Å²) < 4.78 is 4.49. The molecular weight excluding hydrogens is 118 g/mol. The summed E-state index contributed by atoms with van der Waals surface area (Å²) in [4.78, 5) is 10.6. The van der Waals surface area contributed by atoms with Gasteiger partial charge in [0.15, 0.2) is 0 Å². The maximum atomic E-state index is 10.6. The number of hydrogen-bond acceptors (Lipinski definition) is 3. The highest BCUT2D eigenvalue weighted by atomic mass is 16.5. The molecule has 0 aromatic rings. The number of ether oxygens (including phenoxy) is 1. The number of rotatable bonds is 3. The zero-order chi connectivity index (χ0) is 7.28. The van der Waals surface area contributed by atoms with Gasteiger partial charge in [-0.25, -0.2) is 0 Å². The topological polar surface area (TPSA) is 52.3 Å². The maximum absolute atomic E-state index is 10.6. The standard InChI is InChI=1S/C6H13NO2/c1-5(2)3-6(8)9-4-7/h5H,3-4,7H2,1-2H3. The summed E-state index contributed by atoms with van der Waals surface area (Å²) in [5, 5.41) is 0. The minimum Gasteiger partial charge on any atom is -0.450 e. The molecule has 0 unspecified atom stereocenters. The lowest BCUT2D eigenvalue weighted by molar-refractivity contribution is -0.144. The van der Waals surface area contributed by atoms with E-state index in [1.54, 1.807) is 0 Å². The van der Waals surface area contributed by atoms with Crippen LogP contribution in [0.5, 0.6) is 0 Å². The van der Waals surface area contributed by atoms with Crippen LogP contribution < -0.4 is 5.73 Å². The number of esters is 1. The first-order valence-corrected chi connectivity index (χ1v) is 3.02. The predicted molar refractivity (Wildman–Crippen MR) is 34.6 cm³/mol. The Hall–Kier alpha value is -0.570. The summed E-state index contributed by atoms with van der Waals surface area (Å²) in [7, 11) is 0. The fraction of sp³-hybridized carbons (Fsp3) is 0.833. The highest BCUT2D eigenvalue weighted by molar-refractivity contribution is 5.69. The van der Waals surface area contributed by atoms with Crippen molar-refractivity contribution in [3.63, 3.8) is 0 Å². The van der Waals surface area contributed by atoms with Crippen molar-refractivity contribution in [1.29, 1.82) is 0 Å². The monoisotopic (exact) mass is 131 g/mol. The summed E-state index contributed by atoms with van der Waals surface area (Å²) in [5.41, 5.74) is 4.96. The summed E-state index contributed by atoms with van der Waals surface area (Å²) in [6.07, 6.45) is 0.456. The van der Waals surface area contributed by atoms with E-state index in [1.165, 1.54) is 0 Å². The first kappa shape index (κ1) is 8.43. The SMILES string of the molecule is CC(C)CC(=O)OCN. The highest BCUT2D eigenvalue weighted by Crippen LogP contribution is 1.99. The second-order valence-corrected chi connectivity index (χ2v) is 2.28.